The van der Waals surface area contributed by atoms with Gasteiger partial charge in [-0.15, -0.1) is 0 Å². The molecule has 2 fully saturated rings. The molecule has 4 aliphatic rings. The van der Waals surface area contributed by atoms with Gasteiger partial charge in [0.15, 0.2) is 18.7 Å². The van der Waals surface area contributed by atoms with Gasteiger partial charge in [-0.05, 0) is 39.0 Å². The van der Waals surface area contributed by atoms with Crippen LogP contribution in [0.3, 0.4) is 0 Å². The molecule has 0 radical (unpaired) electrons. The summed E-state index contributed by atoms with van der Waals surface area (Å²) in [5.74, 6) is -1.20. The van der Waals surface area contributed by atoms with E-state index in [9.17, 15) is 35.1 Å². The van der Waals surface area contributed by atoms with E-state index in [0.717, 1.165) is 38.5 Å². The van der Waals surface area contributed by atoms with E-state index in [1.807, 2.05) is 12.2 Å². The molecule has 246 valence electrons. The summed E-state index contributed by atoms with van der Waals surface area (Å²) in [5, 5.41) is 53.4. The lowest BCUT2D eigenvalue weighted by Crippen LogP contribution is -2.65. The minimum absolute atomic E-state index is 0.110. The second-order valence-electron chi connectivity index (χ2n) is 11.3. The molecular formula is C30H48O13. The first kappa shape index (κ1) is 35.5. The summed E-state index contributed by atoms with van der Waals surface area (Å²) < 4.78 is 33.8. The Bertz CT molecular complexity index is 908. The van der Waals surface area contributed by atoms with Crippen LogP contribution in [-0.2, 0) is 38.0 Å². The first-order valence-corrected chi connectivity index (χ1v) is 15.2. The van der Waals surface area contributed by atoms with E-state index in [0.29, 0.717) is 12.8 Å². The third-order valence-electron chi connectivity index (χ3n) is 7.67. The maximum atomic E-state index is 12.5. The standard InChI is InChI=1S/C30H48O13/c1-18-14-12-10-8-6-4-3-5-7-9-11-13-15-22(33)42-27-20(16-31)40-29(26(37)25(27)36)43-28-24(35)23(34)21(17-38-19(2)32)41-30(28)39-18/h4,6,10,12,18,20-21,23-31,34-37H,3,5,7-9,11,13-17H2,1-2H3. The number of aliphatic hydroxyl groups is 5. The number of allylic oxidation sites excluding steroid dienone is 3. The van der Waals surface area contributed by atoms with Crippen molar-refractivity contribution in [2.24, 2.45) is 0 Å². The van der Waals surface area contributed by atoms with Crippen LogP contribution in [0.1, 0.15) is 71.6 Å². The van der Waals surface area contributed by atoms with Crippen molar-refractivity contribution in [2.45, 2.75) is 139 Å². The van der Waals surface area contributed by atoms with Crippen molar-refractivity contribution in [3.8, 4) is 0 Å². The SMILES string of the molecule is CC(=O)OCC1OC2OC(C)CC=CCC=CCCCCCCCC(=O)OC3C(CO)OC(OC2C(O)C1O)C(O)C3O. The Morgan fingerprint density at radius 2 is 1.49 bits per heavy atom. The van der Waals surface area contributed by atoms with Gasteiger partial charge in [-0.1, -0.05) is 43.6 Å². The van der Waals surface area contributed by atoms with Crippen molar-refractivity contribution in [1.29, 1.82) is 0 Å². The number of hydrogen-bond acceptors (Lipinski definition) is 13. The summed E-state index contributed by atoms with van der Waals surface area (Å²) in [5.41, 5.74) is 0. The van der Waals surface area contributed by atoms with Crippen LogP contribution in [0.15, 0.2) is 24.3 Å². The third-order valence-corrected chi connectivity index (χ3v) is 7.67. The summed E-state index contributed by atoms with van der Waals surface area (Å²) in [4.78, 5) is 23.8. The van der Waals surface area contributed by atoms with E-state index >= 15 is 0 Å². The van der Waals surface area contributed by atoms with Crippen molar-refractivity contribution in [2.75, 3.05) is 13.2 Å². The molecule has 0 aromatic carbocycles. The molecule has 4 rings (SSSR count). The molecule has 11 atom stereocenters. The van der Waals surface area contributed by atoms with Crippen LogP contribution >= 0.6 is 0 Å². The van der Waals surface area contributed by atoms with Crippen LogP contribution in [0.2, 0.25) is 0 Å². The van der Waals surface area contributed by atoms with Gasteiger partial charge in [0, 0.05) is 13.3 Å². The molecule has 0 aromatic rings. The normalized spacial score (nSPS) is 39.3. The van der Waals surface area contributed by atoms with Crippen LogP contribution in [-0.4, -0.2) is 118 Å². The summed E-state index contributed by atoms with van der Waals surface area (Å²) in [6.07, 6.45) is -0.284. The highest BCUT2D eigenvalue weighted by atomic mass is 16.8. The molecule has 5 N–H and O–H groups in total. The zero-order chi connectivity index (χ0) is 31.4. The maximum Gasteiger partial charge on any atom is 0.306 e. The monoisotopic (exact) mass is 616 g/mol. The number of carbonyl (C=O) groups excluding carboxylic acids is 2. The van der Waals surface area contributed by atoms with E-state index in [1.54, 1.807) is 6.92 Å². The lowest BCUT2D eigenvalue weighted by Gasteiger charge is -2.46. The highest BCUT2D eigenvalue weighted by Crippen LogP contribution is 2.31. The first-order valence-electron chi connectivity index (χ1n) is 15.2. The molecule has 43 heavy (non-hydrogen) atoms. The third kappa shape index (κ3) is 10.9. The lowest BCUT2D eigenvalue weighted by atomic mass is 9.97. The van der Waals surface area contributed by atoms with Gasteiger partial charge in [0.1, 0.15) is 49.3 Å². The molecule has 0 spiro atoms. The van der Waals surface area contributed by atoms with E-state index in [1.165, 1.54) is 6.92 Å². The highest BCUT2D eigenvalue weighted by molar-refractivity contribution is 5.69. The number of carbonyl (C=O) groups is 2. The van der Waals surface area contributed by atoms with Gasteiger partial charge in [-0.25, -0.2) is 0 Å². The van der Waals surface area contributed by atoms with Crippen LogP contribution < -0.4 is 0 Å². The van der Waals surface area contributed by atoms with E-state index in [-0.39, 0.29) is 13.0 Å². The molecule has 2 saturated heterocycles. The number of esters is 2. The summed E-state index contributed by atoms with van der Waals surface area (Å²) >= 11 is 0. The topological polar surface area (TPSA) is 191 Å². The van der Waals surface area contributed by atoms with Gasteiger partial charge >= 0.3 is 11.9 Å². The van der Waals surface area contributed by atoms with Crippen LogP contribution in [0.25, 0.3) is 0 Å². The number of fused-ring (bicyclic) bond motifs is 16. The lowest BCUT2D eigenvalue weighted by molar-refractivity contribution is -0.371. The minimum Gasteiger partial charge on any atom is -0.463 e. The molecule has 0 aromatic heterocycles. The van der Waals surface area contributed by atoms with Crippen molar-refractivity contribution in [3.05, 3.63) is 24.3 Å². The fourth-order valence-electron chi connectivity index (χ4n) is 5.20. The predicted molar refractivity (Wildman–Crippen MR) is 150 cm³/mol. The van der Waals surface area contributed by atoms with Gasteiger partial charge in [-0.2, -0.15) is 0 Å². The van der Waals surface area contributed by atoms with Crippen LogP contribution in [0.5, 0.6) is 0 Å². The summed E-state index contributed by atoms with van der Waals surface area (Å²) in [6, 6.07) is 0. The van der Waals surface area contributed by atoms with Crippen molar-refractivity contribution < 1.29 is 63.5 Å². The van der Waals surface area contributed by atoms with E-state index in [4.69, 9.17) is 28.4 Å². The van der Waals surface area contributed by atoms with Gasteiger partial charge in [0.05, 0.1) is 12.7 Å². The Morgan fingerprint density at radius 3 is 2.23 bits per heavy atom. The molecule has 13 nitrogen and oxygen atoms in total. The van der Waals surface area contributed by atoms with Crippen molar-refractivity contribution in [3.63, 3.8) is 0 Å². The second kappa shape index (κ2) is 18.1. The summed E-state index contributed by atoms with van der Waals surface area (Å²) in [6.45, 7) is 1.94. The molecule has 4 heterocycles. The van der Waals surface area contributed by atoms with Crippen molar-refractivity contribution in [1.82, 2.24) is 0 Å². The smallest absolute Gasteiger partial charge is 0.306 e. The van der Waals surface area contributed by atoms with E-state index < -0.39 is 86.1 Å². The van der Waals surface area contributed by atoms with Gasteiger partial charge < -0.3 is 54.0 Å². The Hall–Kier alpha value is -1.94. The first-order chi connectivity index (χ1) is 20.6. The average Bonchev–Trinajstić information content (AvgIpc) is 2.97. The molecular weight excluding hydrogens is 568 g/mol. The fourth-order valence-corrected chi connectivity index (χ4v) is 5.20. The Balaban J connectivity index is 1.81. The van der Waals surface area contributed by atoms with E-state index in [2.05, 4.69) is 12.2 Å². The maximum absolute atomic E-state index is 12.5. The number of rotatable bonds is 3. The zero-order valence-electron chi connectivity index (χ0n) is 24.9. The molecule has 2 bridgehead atoms. The largest absolute Gasteiger partial charge is 0.463 e. The minimum atomic E-state index is -1.76. The van der Waals surface area contributed by atoms with Crippen LogP contribution in [0, 0.1) is 0 Å². The average molecular weight is 617 g/mol. The number of aliphatic hydroxyl groups excluding tert-OH is 5. The van der Waals surface area contributed by atoms with Gasteiger partial charge in [0.25, 0.3) is 0 Å². The molecule has 11 unspecified atom stereocenters. The Kier molecular flexibility index (Phi) is 15.0. The molecule has 0 amide bonds. The number of hydrogen-bond donors (Lipinski definition) is 5. The second-order valence-corrected chi connectivity index (χ2v) is 11.3. The Morgan fingerprint density at radius 1 is 0.814 bits per heavy atom. The Labute approximate surface area is 252 Å². The highest BCUT2D eigenvalue weighted by Gasteiger charge is 2.52. The number of ether oxygens (including phenoxy) is 6. The fraction of sp³-hybridized carbons (Fsp3) is 0.800. The summed E-state index contributed by atoms with van der Waals surface area (Å²) in [7, 11) is 0. The zero-order valence-corrected chi connectivity index (χ0v) is 24.9. The molecule has 0 aliphatic carbocycles. The van der Waals surface area contributed by atoms with Crippen molar-refractivity contribution >= 4 is 11.9 Å². The predicted octanol–water partition coefficient (Wildman–Crippen LogP) is 0.774. The molecule has 4 aliphatic heterocycles. The van der Waals surface area contributed by atoms with Crippen LogP contribution in [0.4, 0.5) is 0 Å². The van der Waals surface area contributed by atoms with Gasteiger partial charge in [-0.3, -0.25) is 9.59 Å². The van der Waals surface area contributed by atoms with Gasteiger partial charge in [0.2, 0.25) is 0 Å². The molecule has 13 heteroatoms. The molecule has 0 saturated carbocycles. The quantitative estimate of drug-likeness (QED) is 0.221.